The molecule has 1 radical (unpaired) electrons. The maximum atomic E-state index is 11.2. The van der Waals surface area contributed by atoms with Crippen molar-refractivity contribution in [1.82, 2.24) is 0 Å². The average Bonchev–Trinajstić information content (AvgIpc) is 2.49. The molecular weight excluding hydrogens is 248 g/mol. The molecule has 0 saturated carbocycles. The van der Waals surface area contributed by atoms with Crippen LogP contribution in [0.5, 0.6) is 0 Å². The van der Waals surface area contributed by atoms with Crippen molar-refractivity contribution in [3.05, 3.63) is 66.6 Å². The Morgan fingerprint density at radius 1 is 1.00 bits per heavy atom. The molecule has 2 heteroatoms. The lowest BCUT2D eigenvalue weighted by atomic mass is 10.0. The Morgan fingerprint density at radius 3 is 2.30 bits per heavy atom. The Balaban J connectivity index is 1.88. The SMILES string of the molecule is CCOC(=O)[CH]CCc1ccc(-c2ccccc2)cc1. The highest BCUT2D eigenvalue weighted by Crippen LogP contribution is 2.19. The molecule has 0 aliphatic heterocycles. The fourth-order valence-electron chi connectivity index (χ4n) is 2.05. The molecule has 20 heavy (non-hydrogen) atoms. The summed E-state index contributed by atoms with van der Waals surface area (Å²) in [7, 11) is 0. The van der Waals surface area contributed by atoms with Crippen LogP contribution in [0.4, 0.5) is 0 Å². The molecule has 0 N–H and O–H groups in total. The quantitative estimate of drug-likeness (QED) is 0.738. The highest BCUT2D eigenvalue weighted by molar-refractivity contribution is 5.78. The molecule has 2 aromatic rings. The number of carbonyl (C=O) groups is 1. The van der Waals surface area contributed by atoms with Crippen LogP contribution in [0.3, 0.4) is 0 Å². The van der Waals surface area contributed by atoms with Gasteiger partial charge in [0.1, 0.15) is 0 Å². The van der Waals surface area contributed by atoms with Crippen molar-refractivity contribution >= 4 is 5.97 Å². The predicted molar refractivity (Wildman–Crippen MR) is 81.1 cm³/mol. The molecule has 0 spiro atoms. The van der Waals surface area contributed by atoms with E-state index < -0.39 is 0 Å². The second-order valence-electron chi connectivity index (χ2n) is 4.56. The van der Waals surface area contributed by atoms with Gasteiger partial charge in [0.05, 0.1) is 13.0 Å². The summed E-state index contributed by atoms with van der Waals surface area (Å²) in [5.41, 5.74) is 3.66. The topological polar surface area (TPSA) is 26.3 Å². The molecule has 0 atom stereocenters. The van der Waals surface area contributed by atoms with Crippen LogP contribution in [0.2, 0.25) is 0 Å². The number of hydrogen-bond donors (Lipinski definition) is 0. The normalized spacial score (nSPS) is 10.2. The minimum absolute atomic E-state index is 0.228. The lowest BCUT2D eigenvalue weighted by Gasteiger charge is -2.05. The van der Waals surface area contributed by atoms with Gasteiger partial charge in [-0.25, -0.2) is 0 Å². The van der Waals surface area contributed by atoms with E-state index in [2.05, 4.69) is 36.4 Å². The van der Waals surface area contributed by atoms with Gasteiger partial charge in [0, 0.05) is 0 Å². The van der Waals surface area contributed by atoms with Crippen molar-refractivity contribution in [3.63, 3.8) is 0 Å². The molecule has 0 aromatic heterocycles. The predicted octanol–water partition coefficient (Wildman–Crippen LogP) is 4.05. The number of ether oxygens (including phenoxy) is 1. The summed E-state index contributed by atoms with van der Waals surface area (Å²) in [6.07, 6.45) is 3.17. The third-order valence-electron chi connectivity index (χ3n) is 3.09. The fourth-order valence-corrected chi connectivity index (χ4v) is 2.05. The van der Waals surface area contributed by atoms with Gasteiger partial charge in [0.2, 0.25) is 0 Å². The van der Waals surface area contributed by atoms with Crippen LogP contribution < -0.4 is 0 Å². The summed E-state index contributed by atoms with van der Waals surface area (Å²) in [4.78, 5) is 11.2. The van der Waals surface area contributed by atoms with Crippen molar-refractivity contribution in [3.8, 4) is 11.1 Å². The Morgan fingerprint density at radius 2 is 1.65 bits per heavy atom. The van der Waals surface area contributed by atoms with E-state index in [9.17, 15) is 4.79 Å². The van der Waals surface area contributed by atoms with Gasteiger partial charge in [-0.15, -0.1) is 0 Å². The van der Waals surface area contributed by atoms with Crippen molar-refractivity contribution in [2.45, 2.75) is 19.8 Å². The molecule has 0 aliphatic rings. The van der Waals surface area contributed by atoms with Gasteiger partial charge in [0.25, 0.3) is 0 Å². The summed E-state index contributed by atoms with van der Waals surface area (Å²) in [5, 5.41) is 0. The Labute approximate surface area is 120 Å². The third-order valence-corrected chi connectivity index (χ3v) is 3.09. The lowest BCUT2D eigenvalue weighted by Crippen LogP contribution is -2.04. The van der Waals surface area contributed by atoms with E-state index in [1.54, 1.807) is 6.42 Å². The van der Waals surface area contributed by atoms with E-state index >= 15 is 0 Å². The highest BCUT2D eigenvalue weighted by atomic mass is 16.5. The smallest absolute Gasteiger partial charge is 0.309 e. The van der Waals surface area contributed by atoms with Gasteiger partial charge in [-0.2, -0.15) is 0 Å². The van der Waals surface area contributed by atoms with Crippen LogP contribution in [0.1, 0.15) is 18.9 Å². The summed E-state index contributed by atoms with van der Waals surface area (Å²) in [6, 6.07) is 18.8. The van der Waals surface area contributed by atoms with Crippen molar-refractivity contribution in [2.24, 2.45) is 0 Å². The zero-order chi connectivity index (χ0) is 14.2. The zero-order valence-corrected chi connectivity index (χ0v) is 11.7. The molecule has 0 amide bonds. The first-order valence-corrected chi connectivity index (χ1v) is 6.94. The van der Waals surface area contributed by atoms with Crippen LogP contribution in [0.15, 0.2) is 54.6 Å². The largest absolute Gasteiger partial charge is 0.466 e. The first kappa shape index (κ1) is 14.3. The van der Waals surface area contributed by atoms with Crippen LogP contribution in [0.25, 0.3) is 11.1 Å². The molecule has 2 rings (SSSR count). The molecule has 0 unspecified atom stereocenters. The molecule has 2 nitrogen and oxygen atoms in total. The van der Waals surface area contributed by atoms with E-state index in [1.165, 1.54) is 16.7 Å². The monoisotopic (exact) mass is 267 g/mol. The summed E-state index contributed by atoms with van der Waals surface area (Å²) >= 11 is 0. The van der Waals surface area contributed by atoms with E-state index in [0.29, 0.717) is 13.0 Å². The maximum Gasteiger partial charge on any atom is 0.309 e. The molecule has 0 heterocycles. The zero-order valence-electron chi connectivity index (χ0n) is 11.7. The Bertz CT molecular complexity index is 529. The number of hydrogen-bond acceptors (Lipinski definition) is 2. The molecular formula is C18H19O2. The van der Waals surface area contributed by atoms with Crippen molar-refractivity contribution in [2.75, 3.05) is 6.61 Å². The lowest BCUT2D eigenvalue weighted by molar-refractivity contribution is -0.139. The Hall–Kier alpha value is -2.09. The van der Waals surface area contributed by atoms with Crippen LogP contribution in [-0.2, 0) is 16.0 Å². The third kappa shape index (κ3) is 4.23. The van der Waals surface area contributed by atoms with E-state index in [-0.39, 0.29) is 5.97 Å². The van der Waals surface area contributed by atoms with E-state index in [0.717, 1.165) is 6.42 Å². The minimum Gasteiger partial charge on any atom is -0.466 e. The first-order valence-electron chi connectivity index (χ1n) is 6.94. The van der Waals surface area contributed by atoms with Crippen LogP contribution in [-0.4, -0.2) is 12.6 Å². The van der Waals surface area contributed by atoms with Crippen molar-refractivity contribution < 1.29 is 9.53 Å². The molecule has 0 fully saturated rings. The van der Waals surface area contributed by atoms with Gasteiger partial charge in [0.15, 0.2) is 0 Å². The second-order valence-corrected chi connectivity index (χ2v) is 4.56. The van der Waals surface area contributed by atoms with Gasteiger partial charge >= 0.3 is 5.97 Å². The van der Waals surface area contributed by atoms with Crippen LogP contribution >= 0.6 is 0 Å². The number of benzene rings is 2. The molecule has 0 bridgehead atoms. The molecule has 103 valence electrons. The molecule has 0 saturated heterocycles. The number of rotatable bonds is 6. The summed E-state index contributed by atoms with van der Waals surface area (Å²) < 4.78 is 4.86. The summed E-state index contributed by atoms with van der Waals surface area (Å²) in [5.74, 6) is -0.228. The van der Waals surface area contributed by atoms with E-state index in [4.69, 9.17) is 4.74 Å². The summed E-state index contributed by atoms with van der Waals surface area (Å²) in [6.45, 7) is 2.25. The Kier molecular flexibility index (Phi) is 5.36. The number of esters is 1. The van der Waals surface area contributed by atoms with Crippen LogP contribution in [0, 0.1) is 6.42 Å². The maximum absolute atomic E-state index is 11.2. The first-order chi connectivity index (χ1) is 9.79. The number of aryl methyl sites for hydroxylation is 1. The van der Waals surface area contributed by atoms with E-state index in [1.807, 2.05) is 25.1 Å². The molecule has 2 aromatic carbocycles. The second kappa shape index (κ2) is 7.49. The van der Waals surface area contributed by atoms with Gasteiger partial charge in [-0.05, 0) is 36.5 Å². The fraction of sp³-hybridized carbons (Fsp3) is 0.222. The highest BCUT2D eigenvalue weighted by Gasteiger charge is 2.03. The molecule has 0 aliphatic carbocycles. The average molecular weight is 267 g/mol. The standard InChI is InChI=1S/C18H19O2/c1-2-20-18(19)10-6-7-15-11-13-17(14-12-15)16-8-4-3-5-9-16/h3-5,8-14H,2,6-7H2,1H3. The van der Waals surface area contributed by atoms with Gasteiger partial charge < -0.3 is 4.74 Å². The number of carbonyl (C=O) groups excluding carboxylic acids is 1. The van der Waals surface area contributed by atoms with Gasteiger partial charge in [-0.3, -0.25) is 4.79 Å². The van der Waals surface area contributed by atoms with Gasteiger partial charge in [-0.1, -0.05) is 54.6 Å². The van der Waals surface area contributed by atoms with Crippen molar-refractivity contribution in [1.29, 1.82) is 0 Å². The minimum atomic E-state index is -0.228.